The molecule has 1 aromatic carbocycles. The van der Waals surface area contributed by atoms with Crippen molar-refractivity contribution in [2.45, 2.75) is 65.0 Å². The number of nitrogens with zero attached hydrogens (tertiary/aromatic N) is 3. The predicted octanol–water partition coefficient (Wildman–Crippen LogP) is 2.64. The number of hydrogen-bond acceptors (Lipinski definition) is 4. The number of aromatic nitrogens is 3. The number of amides is 2. The highest BCUT2D eigenvalue weighted by atomic mass is 16.2. The molecule has 2 N–H and O–H groups in total. The van der Waals surface area contributed by atoms with Crippen LogP contribution in [0.5, 0.6) is 0 Å². The molecular formula is C20H27N5O2. The monoisotopic (exact) mass is 369 g/mol. The Morgan fingerprint density at radius 3 is 2.37 bits per heavy atom. The van der Waals surface area contributed by atoms with Crippen LogP contribution in [0.1, 0.15) is 73.5 Å². The maximum Gasteiger partial charge on any atom is 0.273 e. The molecule has 2 amide bonds. The van der Waals surface area contributed by atoms with Crippen LogP contribution in [-0.2, 0) is 6.42 Å². The molecule has 0 saturated heterocycles. The van der Waals surface area contributed by atoms with Crippen LogP contribution in [0, 0.1) is 0 Å². The molecule has 2 aromatic rings. The molecule has 1 saturated carbocycles. The van der Waals surface area contributed by atoms with Crippen LogP contribution in [-0.4, -0.2) is 38.4 Å². The van der Waals surface area contributed by atoms with E-state index in [0.717, 1.165) is 30.6 Å². The maximum absolute atomic E-state index is 12.4. The van der Waals surface area contributed by atoms with E-state index < -0.39 is 0 Å². The Bertz CT molecular complexity index is 829. The summed E-state index contributed by atoms with van der Waals surface area (Å²) in [5.74, 6) is -0.278. The molecule has 0 atom stereocenters. The van der Waals surface area contributed by atoms with Crippen molar-refractivity contribution in [3.05, 3.63) is 41.2 Å². The Morgan fingerprint density at radius 2 is 1.81 bits per heavy atom. The van der Waals surface area contributed by atoms with Crippen molar-refractivity contribution in [2.24, 2.45) is 0 Å². The lowest BCUT2D eigenvalue weighted by Gasteiger charge is -2.20. The maximum atomic E-state index is 12.4. The third-order valence-corrected chi connectivity index (χ3v) is 4.24. The molecule has 0 radical (unpaired) electrons. The molecule has 1 aliphatic carbocycles. The quantitative estimate of drug-likeness (QED) is 0.819. The van der Waals surface area contributed by atoms with E-state index in [2.05, 4.69) is 27.9 Å². The fourth-order valence-corrected chi connectivity index (χ4v) is 2.79. The summed E-state index contributed by atoms with van der Waals surface area (Å²) >= 11 is 0. The van der Waals surface area contributed by atoms with E-state index in [1.807, 2.05) is 32.9 Å². The SMILES string of the molecule is CCCc1c(C(=O)NC2CC2)nnn1-c1ccc(C(=O)NC(C)(C)C)cc1. The fraction of sp³-hybridized carbons (Fsp3) is 0.500. The zero-order valence-electron chi connectivity index (χ0n) is 16.4. The van der Waals surface area contributed by atoms with E-state index >= 15 is 0 Å². The average Bonchev–Trinajstić information content (AvgIpc) is 3.31. The molecule has 1 heterocycles. The van der Waals surface area contributed by atoms with E-state index in [1.54, 1.807) is 16.8 Å². The minimum atomic E-state index is -0.292. The number of carbonyl (C=O) groups excluding carboxylic acids is 2. The number of benzene rings is 1. The van der Waals surface area contributed by atoms with Crippen molar-refractivity contribution in [1.29, 1.82) is 0 Å². The molecule has 0 spiro atoms. The topological polar surface area (TPSA) is 88.9 Å². The van der Waals surface area contributed by atoms with Gasteiger partial charge in [0.25, 0.3) is 11.8 Å². The van der Waals surface area contributed by atoms with Crippen molar-refractivity contribution >= 4 is 11.8 Å². The summed E-state index contributed by atoms with van der Waals surface area (Å²) in [6.45, 7) is 7.89. The summed E-state index contributed by atoms with van der Waals surface area (Å²) in [6, 6.07) is 7.45. The van der Waals surface area contributed by atoms with Crippen LogP contribution in [0.15, 0.2) is 24.3 Å². The standard InChI is InChI=1S/C20H27N5O2/c1-5-6-16-17(19(27)21-14-9-10-14)23-24-25(16)15-11-7-13(8-12-15)18(26)22-20(2,3)4/h7-8,11-12,14H,5-6,9-10H2,1-4H3,(H,21,27)(H,22,26). The van der Waals surface area contributed by atoms with Gasteiger partial charge in [0, 0.05) is 17.1 Å². The Balaban J connectivity index is 1.84. The second-order valence-electron chi connectivity index (χ2n) is 8.05. The van der Waals surface area contributed by atoms with Crippen LogP contribution >= 0.6 is 0 Å². The van der Waals surface area contributed by atoms with Crippen molar-refractivity contribution in [1.82, 2.24) is 25.6 Å². The first-order chi connectivity index (χ1) is 12.8. The Labute approximate surface area is 159 Å². The number of rotatable bonds is 6. The lowest BCUT2D eigenvalue weighted by molar-refractivity contribution is 0.0917. The third-order valence-electron chi connectivity index (χ3n) is 4.24. The molecule has 3 rings (SSSR count). The molecule has 1 fully saturated rings. The summed E-state index contributed by atoms with van der Waals surface area (Å²) < 4.78 is 1.69. The summed E-state index contributed by atoms with van der Waals surface area (Å²) in [6.07, 6.45) is 3.64. The largest absolute Gasteiger partial charge is 0.348 e. The van der Waals surface area contributed by atoms with Crippen molar-refractivity contribution in [3.8, 4) is 5.69 Å². The molecular weight excluding hydrogens is 342 g/mol. The van der Waals surface area contributed by atoms with Crippen LogP contribution in [0.25, 0.3) is 5.69 Å². The lowest BCUT2D eigenvalue weighted by atomic mass is 10.1. The van der Waals surface area contributed by atoms with Gasteiger partial charge in [-0.25, -0.2) is 4.68 Å². The van der Waals surface area contributed by atoms with E-state index in [-0.39, 0.29) is 23.4 Å². The van der Waals surface area contributed by atoms with E-state index in [4.69, 9.17) is 0 Å². The van der Waals surface area contributed by atoms with Gasteiger partial charge in [0.1, 0.15) is 0 Å². The molecule has 27 heavy (non-hydrogen) atoms. The third kappa shape index (κ3) is 4.72. The highest BCUT2D eigenvalue weighted by molar-refractivity contribution is 5.95. The normalized spacial score (nSPS) is 14.1. The minimum absolute atomic E-state index is 0.120. The van der Waals surface area contributed by atoms with Crippen molar-refractivity contribution < 1.29 is 9.59 Å². The minimum Gasteiger partial charge on any atom is -0.348 e. The van der Waals surface area contributed by atoms with Gasteiger partial charge >= 0.3 is 0 Å². The zero-order valence-corrected chi connectivity index (χ0v) is 16.4. The predicted molar refractivity (Wildman–Crippen MR) is 103 cm³/mol. The first-order valence-electron chi connectivity index (χ1n) is 9.47. The number of nitrogens with one attached hydrogen (secondary N) is 2. The summed E-state index contributed by atoms with van der Waals surface area (Å²) in [5, 5.41) is 14.2. The first-order valence-corrected chi connectivity index (χ1v) is 9.47. The second-order valence-corrected chi connectivity index (χ2v) is 8.05. The van der Waals surface area contributed by atoms with E-state index in [0.29, 0.717) is 17.7 Å². The highest BCUT2D eigenvalue weighted by Crippen LogP contribution is 2.21. The van der Waals surface area contributed by atoms with Crippen LogP contribution in [0.2, 0.25) is 0 Å². The number of carbonyl (C=O) groups is 2. The van der Waals surface area contributed by atoms with Crippen molar-refractivity contribution in [2.75, 3.05) is 0 Å². The van der Waals surface area contributed by atoms with E-state index in [1.165, 1.54) is 0 Å². The first kappa shape index (κ1) is 19.1. The Morgan fingerprint density at radius 1 is 1.15 bits per heavy atom. The van der Waals surface area contributed by atoms with Crippen LogP contribution < -0.4 is 10.6 Å². The van der Waals surface area contributed by atoms with Crippen molar-refractivity contribution in [3.63, 3.8) is 0 Å². The van der Waals surface area contributed by atoms with Gasteiger partial charge in [0.15, 0.2) is 5.69 Å². The highest BCUT2D eigenvalue weighted by Gasteiger charge is 2.27. The summed E-state index contributed by atoms with van der Waals surface area (Å²) in [4.78, 5) is 24.7. The Kier molecular flexibility index (Phi) is 5.30. The van der Waals surface area contributed by atoms with Gasteiger partial charge in [-0.3, -0.25) is 9.59 Å². The van der Waals surface area contributed by atoms with E-state index in [9.17, 15) is 9.59 Å². The summed E-state index contributed by atoms with van der Waals surface area (Å²) in [7, 11) is 0. The molecule has 0 bridgehead atoms. The molecule has 7 nitrogen and oxygen atoms in total. The van der Waals surface area contributed by atoms with Crippen LogP contribution in [0.3, 0.4) is 0 Å². The van der Waals surface area contributed by atoms with Gasteiger partial charge in [-0.05, 0) is 64.3 Å². The lowest BCUT2D eigenvalue weighted by Crippen LogP contribution is -2.40. The van der Waals surface area contributed by atoms with Gasteiger partial charge in [0.05, 0.1) is 11.4 Å². The fourth-order valence-electron chi connectivity index (χ4n) is 2.79. The molecule has 0 unspecified atom stereocenters. The Hall–Kier alpha value is -2.70. The molecule has 144 valence electrons. The molecule has 1 aliphatic rings. The average molecular weight is 369 g/mol. The number of hydrogen-bond donors (Lipinski definition) is 2. The van der Waals surface area contributed by atoms with Gasteiger partial charge in [-0.2, -0.15) is 0 Å². The molecule has 1 aromatic heterocycles. The molecule has 7 heteroatoms. The molecule has 0 aliphatic heterocycles. The van der Waals surface area contributed by atoms with Crippen LogP contribution in [0.4, 0.5) is 0 Å². The van der Waals surface area contributed by atoms with Gasteiger partial charge < -0.3 is 10.6 Å². The zero-order chi connectivity index (χ0) is 19.6. The van der Waals surface area contributed by atoms with Gasteiger partial charge in [-0.1, -0.05) is 18.6 Å². The smallest absolute Gasteiger partial charge is 0.273 e. The van der Waals surface area contributed by atoms with Gasteiger partial charge in [0.2, 0.25) is 0 Å². The second kappa shape index (κ2) is 7.50. The summed E-state index contributed by atoms with van der Waals surface area (Å²) in [5.41, 5.74) is 2.25. The van der Waals surface area contributed by atoms with Gasteiger partial charge in [-0.15, -0.1) is 5.10 Å².